The van der Waals surface area contributed by atoms with Crippen molar-refractivity contribution in [2.24, 2.45) is 5.92 Å². The maximum atomic E-state index is 12.5. The predicted octanol–water partition coefficient (Wildman–Crippen LogP) is 2.31. The number of aromatic nitrogens is 2. The third-order valence-corrected chi connectivity index (χ3v) is 5.44. The number of benzene rings is 1. The molecule has 0 radical (unpaired) electrons. The first-order valence-electron chi connectivity index (χ1n) is 9.48. The number of ether oxygens (including phenoxy) is 1. The predicted molar refractivity (Wildman–Crippen MR) is 99.9 cm³/mol. The number of hydrogen-bond acceptors (Lipinski definition) is 4. The molecule has 0 aliphatic carbocycles. The summed E-state index contributed by atoms with van der Waals surface area (Å²) >= 11 is 0. The first-order valence-corrected chi connectivity index (χ1v) is 9.48. The summed E-state index contributed by atoms with van der Waals surface area (Å²) in [6, 6.07) is 7.96. The molecule has 1 atom stereocenters. The molecular weight excluding hydrogens is 328 g/mol. The van der Waals surface area contributed by atoms with Crippen molar-refractivity contribution in [3.05, 3.63) is 42.2 Å². The summed E-state index contributed by atoms with van der Waals surface area (Å²) in [6.07, 6.45) is 6.85. The van der Waals surface area contributed by atoms with Crippen LogP contribution in [0.2, 0.25) is 0 Å². The van der Waals surface area contributed by atoms with Gasteiger partial charge in [0, 0.05) is 49.6 Å². The number of piperidine rings is 1. The Labute approximate surface area is 153 Å². The molecule has 138 valence electrons. The molecule has 2 aliphatic rings. The summed E-state index contributed by atoms with van der Waals surface area (Å²) in [5.41, 5.74) is 2.79. The van der Waals surface area contributed by atoms with Crippen LogP contribution in [0.1, 0.15) is 29.6 Å². The molecule has 0 bridgehead atoms. The molecule has 1 aromatic carbocycles. The maximum absolute atomic E-state index is 12.5. The third-order valence-electron chi connectivity index (χ3n) is 5.44. The van der Waals surface area contributed by atoms with Gasteiger partial charge in [-0.2, -0.15) is 5.10 Å². The van der Waals surface area contributed by atoms with Gasteiger partial charge in [0.15, 0.2) is 0 Å². The Morgan fingerprint density at radius 1 is 1.19 bits per heavy atom. The van der Waals surface area contributed by atoms with Gasteiger partial charge in [-0.15, -0.1) is 0 Å². The highest BCUT2D eigenvalue weighted by molar-refractivity contribution is 5.94. The maximum Gasteiger partial charge on any atom is 0.251 e. The van der Waals surface area contributed by atoms with Crippen molar-refractivity contribution >= 4 is 5.91 Å². The molecule has 1 amide bonds. The summed E-state index contributed by atoms with van der Waals surface area (Å²) in [5.74, 6) is 0.710. The number of nitrogens with one attached hydrogen (secondary N) is 2. The number of hydrogen-bond donors (Lipinski definition) is 2. The quantitative estimate of drug-likeness (QED) is 0.864. The van der Waals surface area contributed by atoms with Crippen LogP contribution >= 0.6 is 0 Å². The normalized spacial score (nSPS) is 21.8. The van der Waals surface area contributed by atoms with Crippen LogP contribution in [0.25, 0.3) is 11.1 Å². The fraction of sp³-hybridized carbons (Fsp3) is 0.500. The van der Waals surface area contributed by atoms with Crippen LogP contribution in [0.5, 0.6) is 0 Å². The second kappa shape index (κ2) is 8.01. The highest BCUT2D eigenvalue weighted by Crippen LogP contribution is 2.20. The number of rotatable bonds is 5. The standard InChI is InChI=1S/C20H26N4O2/c25-20(17-3-1-16(2-4-17)18-11-21-22-12-18)23-19-5-8-24(9-6-19)13-15-7-10-26-14-15/h1-4,11-12,15,19H,5-10,13-14H2,(H,21,22)(H,23,25). The number of carbonyl (C=O) groups is 1. The Bertz CT molecular complexity index is 700. The van der Waals surface area contributed by atoms with Gasteiger partial charge in [-0.1, -0.05) is 12.1 Å². The van der Waals surface area contributed by atoms with E-state index in [9.17, 15) is 4.79 Å². The average molecular weight is 354 g/mol. The van der Waals surface area contributed by atoms with Gasteiger partial charge < -0.3 is 15.0 Å². The van der Waals surface area contributed by atoms with E-state index in [1.165, 1.54) is 6.42 Å². The number of amides is 1. The fourth-order valence-electron chi connectivity index (χ4n) is 3.84. The van der Waals surface area contributed by atoms with Crippen LogP contribution in [-0.2, 0) is 4.74 Å². The van der Waals surface area contributed by atoms with Gasteiger partial charge in [-0.05, 0) is 42.9 Å². The number of nitrogens with zero attached hydrogens (tertiary/aromatic N) is 2. The van der Waals surface area contributed by atoms with E-state index >= 15 is 0 Å². The molecule has 6 nitrogen and oxygen atoms in total. The fourth-order valence-corrected chi connectivity index (χ4v) is 3.84. The Balaban J connectivity index is 1.26. The van der Waals surface area contributed by atoms with E-state index in [1.54, 1.807) is 6.20 Å². The van der Waals surface area contributed by atoms with Gasteiger partial charge >= 0.3 is 0 Å². The minimum atomic E-state index is 0.0198. The van der Waals surface area contributed by atoms with Gasteiger partial charge in [0.2, 0.25) is 0 Å². The molecule has 0 saturated carbocycles. The molecule has 4 rings (SSSR count). The Morgan fingerprint density at radius 2 is 2.00 bits per heavy atom. The molecule has 26 heavy (non-hydrogen) atoms. The molecule has 0 spiro atoms. The van der Waals surface area contributed by atoms with Crippen LogP contribution in [0.15, 0.2) is 36.7 Å². The van der Waals surface area contributed by atoms with Crippen LogP contribution < -0.4 is 5.32 Å². The lowest BCUT2D eigenvalue weighted by atomic mass is 10.0. The van der Waals surface area contributed by atoms with Crippen molar-refractivity contribution in [1.82, 2.24) is 20.4 Å². The highest BCUT2D eigenvalue weighted by Gasteiger charge is 2.24. The van der Waals surface area contributed by atoms with Gasteiger partial charge in [0.25, 0.3) is 5.91 Å². The summed E-state index contributed by atoms with van der Waals surface area (Å²) < 4.78 is 5.46. The SMILES string of the molecule is O=C(NC1CCN(CC2CCOC2)CC1)c1ccc(-c2cn[nH]c2)cc1. The van der Waals surface area contributed by atoms with Crippen LogP contribution in [-0.4, -0.2) is 59.9 Å². The van der Waals surface area contributed by atoms with E-state index in [2.05, 4.69) is 20.4 Å². The van der Waals surface area contributed by atoms with E-state index in [0.717, 1.165) is 56.8 Å². The van der Waals surface area contributed by atoms with E-state index < -0.39 is 0 Å². The first-order chi connectivity index (χ1) is 12.8. The third kappa shape index (κ3) is 4.14. The van der Waals surface area contributed by atoms with E-state index in [-0.39, 0.29) is 11.9 Å². The van der Waals surface area contributed by atoms with Crippen molar-refractivity contribution in [1.29, 1.82) is 0 Å². The van der Waals surface area contributed by atoms with Crippen LogP contribution in [0.3, 0.4) is 0 Å². The number of H-pyrrole nitrogens is 1. The van der Waals surface area contributed by atoms with Crippen molar-refractivity contribution in [2.75, 3.05) is 32.8 Å². The summed E-state index contributed by atoms with van der Waals surface area (Å²) in [4.78, 5) is 15.0. The topological polar surface area (TPSA) is 70.2 Å². The van der Waals surface area contributed by atoms with Gasteiger partial charge in [-0.25, -0.2) is 0 Å². The molecule has 2 fully saturated rings. The lowest BCUT2D eigenvalue weighted by Gasteiger charge is -2.33. The van der Waals surface area contributed by atoms with Gasteiger partial charge in [0.1, 0.15) is 0 Å². The Kier molecular flexibility index (Phi) is 5.32. The molecule has 2 saturated heterocycles. The number of likely N-dealkylation sites (tertiary alicyclic amines) is 1. The van der Waals surface area contributed by atoms with Gasteiger partial charge in [0.05, 0.1) is 12.8 Å². The monoisotopic (exact) mass is 354 g/mol. The van der Waals surface area contributed by atoms with Crippen molar-refractivity contribution < 1.29 is 9.53 Å². The Morgan fingerprint density at radius 3 is 2.65 bits per heavy atom. The molecule has 2 N–H and O–H groups in total. The lowest BCUT2D eigenvalue weighted by molar-refractivity contribution is 0.0903. The zero-order valence-corrected chi connectivity index (χ0v) is 15.0. The molecule has 6 heteroatoms. The van der Waals surface area contributed by atoms with Crippen molar-refractivity contribution in [3.63, 3.8) is 0 Å². The smallest absolute Gasteiger partial charge is 0.251 e. The van der Waals surface area contributed by atoms with Crippen molar-refractivity contribution in [2.45, 2.75) is 25.3 Å². The Hall–Kier alpha value is -2.18. The van der Waals surface area contributed by atoms with Gasteiger partial charge in [-0.3, -0.25) is 9.89 Å². The molecule has 1 aromatic heterocycles. The molecule has 2 aliphatic heterocycles. The zero-order chi connectivity index (χ0) is 17.8. The van der Waals surface area contributed by atoms with E-state index in [0.29, 0.717) is 11.5 Å². The summed E-state index contributed by atoms with van der Waals surface area (Å²) in [7, 11) is 0. The van der Waals surface area contributed by atoms with E-state index in [1.807, 2.05) is 30.5 Å². The summed E-state index contributed by atoms with van der Waals surface area (Å²) in [5, 5.41) is 9.96. The largest absolute Gasteiger partial charge is 0.381 e. The minimum Gasteiger partial charge on any atom is -0.381 e. The minimum absolute atomic E-state index is 0.0198. The highest BCUT2D eigenvalue weighted by atomic mass is 16.5. The van der Waals surface area contributed by atoms with Crippen LogP contribution in [0.4, 0.5) is 0 Å². The molecule has 1 unspecified atom stereocenters. The van der Waals surface area contributed by atoms with E-state index in [4.69, 9.17) is 4.74 Å². The zero-order valence-electron chi connectivity index (χ0n) is 15.0. The summed E-state index contributed by atoms with van der Waals surface area (Å²) in [6.45, 7) is 5.07. The molecule has 2 aromatic rings. The first kappa shape index (κ1) is 17.2. The number of carbonyl (C=O) groups excluding carboxylic acids is 1. The molecule has 3 heterocycles. The van der Waals surface area contributed by atoms with Crippen molar-refractivity contribution in [3.8, 4) is 11.1 Å². The second-order valence-electron chi connectivity index (χ2n) is 7.34. The lowest BCUT2D eigenvalue weighted by Crippen LogP contribution is -2.45. The molecular formula is C20H26N4O2. The van der Waals surface area contributed by atoms with Crippen LogP contribution in [0, 0.1) is 5.92 Å². The average Bonchev–Trinajstić information content (AvgIpc) is 3.37. The second-order valence-corrected chi connectivity index (χ2v) is 7.34. The number of aromatic amines is 1.